The van der Waals surface area contributed by atoms with Crippen LogP contribution in [0.25, 0.3) is 0 Å². The van der Waals surface area contributed by atoms with Crippen molar-refractivity contribution < 1.29 is 13.2 Å². The molecule has 0 aliphatic carbocycles. The van der Waals surface area contributed by atoms with E-state index in [1.54, 1.807) is 36.4 Å². The molecular formula is C16H14O3S. The van der Waals surface area contributed by atoms with Crippen LogP contribution < -0.4 is 0 Å². The molecule has 0 saturated carbocycles. The first-order chi connectivity index (χ1) is 9.49. The van der Waals surface area contributed by atoms with E-state index < -0.39 is 9.84 Å². The number of allylic oxidation sites excluding steroid dienone is 1. The predicted molar refractivity (Wildman–Crippen MR) is 78.3 cm³/mol. The second-order valence-electron chi connectivity index (χ2n) is 4.39. The molecule has 2 rings (SSSR count). The smallest absolute Gasteiger partial charge is 0.199 e. The van der Waals surface area contributed by atoms with Crippen molar-refractivity contribution in [3.63, 3.8) is 0 Å². The third kappa shape index (κ3) is 3.42. The minimum Gasteiger partial charge on any atom is -0.289 e. The number of hydrogen-bond acceptors (Lipinski definition) is 3. The van der Waals surface area contributed by atoms with E-state index in [4.69, 9.17) is 0 Å². The molecule has 0 spiro atoms. The molecule has 3 nitrogen and oxygen atoms in total. The average molecular weight is 286 g/mol. The summed E-state index contributed by atoms with van der Waals surface area (Å²) in [4.78, 5) is 12.1. The second kappa shape index (κ2) is 5.84. The minimum atomic E-state index is -3.57. The SMILES string of the molecule is Cc1cccc(C(=O)/C=C/S(=O)(=O)c2ccccc2)c1. The molecule has 0 atom stereocenters. The molecule has 2 aromatic rings. The Kier molecular flexibility index (Phi) is 4.15. The normalized spacial score (nSPS) is 11.7. The Labute approximate surface area is 118 Å². The van der Waals surface area contributed by atoms with Crippen molar-refractivity contribution in [1.82, 2.24) is 0 Å². The Balaban J connectivity index is 2.24. The Morgan fingerprint density at radius 1 is 1.00 bits per heavy atom. The summed E-state index contributed by atoms with van der Waals surface area (Å²) >= 11 is 0. The fourth-order valence-electron chi connectivity index (χ4n) is 1.73. The monoisotopic (exact) mass is 286 g/mol. The maximum atomic E-state index is 12.0. The van der Waals surface area contributed by atoms with Gasteiger partial charge >= 0.3 is 0 Å². The van der Waals surface area contributed by atoms with Crippen LogP contribution in [0.1, 0.15) is 15.9 Å². The van der Waals surface area contributed by atoms with Gasteiger partial charge in [0.1, 0.15) is 0 Å². The van der Waals surface area contributed by atoms with Gasteiger partial charge in [-0.3, -0.25) is 4.79 Å². The highest BCUT2D eigenvalue weighted by Gasteiger charge is 2.10. The van der Waals surface area contributed by atoms with Crippen molar-refractivity contribution >= 4 is 15.6 Å². The zero-order chi connectivity index (χ0) is 14.6. The van der Waals surface area contributed by atoms with Crippen LogP contribution in [-0.2, 0) is 9.84 Å². The van der Waals surface area contributed by atoms with E-state index in [-0.39, 0.29) is 10.7 Å². The van der Waals surface area contributed by atoms with E-state index in [1.165, 1.54) is 12.1 Å². The summed E-state index contributed by atoms with van der Waals surface area (Å²) in [5, 5.41) is 0.951. The molecule has 0 heterocycles. The van der Waals surface area contributed by atoms with Crippen molar-refractivity contribution in [3.8, 4) is 0 Å². The summed E-state index contributed by atoms with van der Waals surface area (Å²) in [6.45, 7) is 1.88. The zero-order valence-electron chi connectivity index (χ0n) is 11.0. The lowest BCUT2D eigenvalue weighted by Crippen LogP contribution is -1.99. The molecule has 0 saturated heterocycles. The first-order valence-corrected chi connectivity index (χ1v) is 7.63. The molecule has 0 aliphatic heterocycles. The lowest BCUT2D eigenvalue weighted by atomic mass is 10.1. The number of carbonyl (C=O) groups is 1. The van der Waals surface area contributed by atoms with Gasteiger partial charge in [-0.1, -0.05) is 42.0 Å². The molecule has 0 aliphatic rings. The summed E-state index contributed by atoms with van der Waals surface area (Å²) in [5.41, 5.74) is 1.43. The van der Waals surface area contributed by atoms with Gasteiger partial charge in [0.25, 0.3) is 0 Å². The van der Waals surface area contributed by atoms with Gasteiger partial charge in [0.05, 0.1) is 4.90 Å². The summed E-state index contributed by atoms with van der Waals surface area (Å²) in [5.74, 6) is -0.326. The number of aryl methyl sites for hydroxylation is 1. The second-order valence-corrected chi connectivity index (χ2v) is 6.23. The van der Waals surface area contributed by atoms with Crippen LogP contribution >= 0.6 is 0 Å². The maximum Gasteiger partial charge on any atom is 0.199 e. The van der Waals surface area contributed by atoms with Crippen molar-refractivity contribution in [2.24, 2.45) is 0 Å². The Morgan fingerprint density at radius 3 is 2.35 bits per heavy atom. The van der Waals surface area contributed by atoms with Gasteiger partial charge < -0.3 is 0 Å². The number of carbonyl (C=O) groups excluding carboxylic acids is 1. The molecule has 0 fully saturated rings. The summed E-state index contributed by atoms with van der Waals surface area (Å²) in [6.07, 6.45) is 1.09. The molecule has 0 aromatic heterocycles. The molecule has 2 aromatic carbocycles. The largest absolute Gasteiger partial charge is 0.289 e. The van der Waals surface area contributed by atoms with E-state index in [2.05, 4.69) is 0 Å². The van der Waals surface area contributed by atoms with Crippen molar-refractivity contribution in [2.75, 3.05) is 0 Å². The number of rotatable bonds is 4. The van der Waals surface area contributed by atoms with E-state index in [0.717, 1.165) is 17.0 Å². The van der Waals surface area contributed by atoms with Gasteiger partial charge in [0, 0.05) is 11.0 Å². The number of benzene rings is 2. The Hall–Kier alpha value is -2.20. The van der Waals surface area contributed by atoms with Crippen LogP contribution in [0.4, 0.5) is 0 Å². The summed E-state index contributed by atoms with van der Waals surface area (Å²) in [6, 6.07) is 15.0. The predicted octanol–water partition coefficient (Wildman–Crippen LogP) is 3.17. The number of ketones is 1. The average Bonchev–Trinajstić information content (AvgIpc) is 2.46. The van der Waals surface area contributed by atoms with E-state index in [9.17, 15) is 13.2 Å². The fraction of sp³-hybridized carbons (Fsp3) is 0.0625. The van der Waals surface area contributed by atoms with Gasteiger partial charge in [0.2, 0.25) is 0 Å². The molecule has 0 amide bonds. The zero-order valence-corrected chi connectivity index (χ0v) is 11.8. The molecule has 0 N–H and O–H groups in total. The number of sulfone groups is 1. The van der Waals surface area contributed by atoms with Crippen LogP contribution in [0.15, 0.2) is 71.0 Å². The molecule has 20 heavy (non-hydrogen) atoms. The lowest BCUT2D eigenvalue weighted by Gasteiger charge is -1.99. The first-order valence-electron chi connectivity index (χ1n) is 6.08. The van der Waals surface area contributed by atoms with Gasteiger partial charge in [-0.15, -0.1) is 0 Å². The van der Waals surface area contributed by atoms with Crippen LogP contribution in [0.2, 0.25) is 0 Å². The van der Waals surface area contributed by atoms with E-state index >= 15 is 0 Å². The third-order valence-electron chi connectivity index (χ3n) is 2.77. The standard InChI is InChI=1S/C16H14O3S/c1-13-6-5-7-14(12-13)16(17)10-11-20(18,19)15-8-3-2-4-9-15/h2-12H,1H3/b11-10+. The van der Waals surface area contributed by atoms with Crippen LogP contribution in [-0.4, -0.2) is 14.2 Å². The number of hydrogen-bond donors (Lipinski definition) is 0. The highest BCUT2D eigenvalue weighted by Crippen LogP contribution is 2.12. The van der Waals surface area contributed by atoms with E-state index in [0.29, 0.717) is 5.56 Å². The maximum absolute atomic E-state index is 12.0. The lowest BCUT2D eigenvalue weighted by molar-refractivity contribution is 0.104. The molecule has 0 bridgehead atoms. The first kappa shape index (κ1) is 14.2. The Morgan fingerprint density at radius 2 is 1.70 bits per heavy atom. The molecule has 0 unspecified atom stereocenters. The summed E-state index contributed by atoms with van der Waals surface area (Å²) < 4.78 is 24.0. The minimum absolute atomic E-state index is 0.174. The van der Waals surface area contributed by atoms with Crippen LogP contribution in [0, 0.1) is 6.92 Å². The van der Waals surface area contributed by atoms with Crippen LogP contribution in [0.5, 0.6) is 0 Å². The fourth-order valence-corrected chi connectivity index (χ4v) is 2.73. The van der Waals surface area contributed by atoms with Crippen LogP contribution in [0.3, 0.4) is 0 Å². The Bertz CT molecular complexity index is 744. The van der Waals surface area contributed by atoms with Gasteiger partial charge in [-0.25, -0.2) is 8.42 Å². The van der Waals surface area contributed by atoms with Gasteiger partial charge in [-0.2, -0.15) is 0 Å². The van der Waals surface area contributed by atoms with Gasteiger partial charge in [0.15, 0.2) is 15.6 Å². The van der Waals surface area contributed by atoms with Crippen molar-refractivity contribution in [1.29, 1.82) is 0 Å². The quantitative estimate of drug-likeness (QED) is 0.641. The highest BCUT2D eigenvalue weighted by atomic mass is 32.2. The molecule has 4 heteroatoms. The molecule has 102 valence electrons. The molecule has 0 radical (unpaired) electrons. The topological polar surface area (TPSA) is 51.2 Å². The van der Waals surface area contributed by atoms with Crippen molar-refractivity contribution in [3.05, 3.63) is 77.2 Å². The van der Waals surface area contributed by atoms with Gasteiger partial charge in [-0.05, 0) is 31.2 Å². The van der Waals surface area contributed by atoms with Crippen molar-refractivity contribution in [2.45, 2.75) is 11.8 Å². The summed E-state index contributed by atoms with van der Waals surface area (Å²) in [7, 11) is -3.57. The van der Waals surface area contributed by atoms with E-state index in [1.807, 2.05) is 13.0 Å². The molecular weight excluding hydrogens is 272 g/mol. The third-order valence-corrected chi connectivity index (χ3v) is 4.20. The highest BCUT2D eigenvalue weighted by molar-refractivity contribution is 7.94.